The van der Waals surface area contributed by atoms with Gasteiger partial charge in [0.05, 0.1) is 6.54 Å². The number of nitrogens with zero attached hydrogens (tertiary/aromatic N) is 1. The van der Waals surface area contributed by atoms with Crippen molar-refractivity contribution >= 4 is 5.91 Å². The van der Waals surface area contributed by atoms with E-state index in [1.165, 1.54) is 25.7 Å². The molecule has 0 aromatic carbocycles. The van der Waals surface area contributed by atoms with Gasteiger partial charge in [0.15, 0.2) is 0 Å². The van der Waals surface area contributed by atoms with Crippen molar-refractivity contribution in [3.63, 3.8) is 0 Å². The lowest BCUT2D eigenvalue weighted by Crippen LogP contribution is -2.45. The molecule has 0 aromatic heterocycles. The Hall–Kier alpha value is -0.570. The van der Waals surface area contributed by atoms with Gasteiger partial charge >= 0.3 is 0 Å². The minimum absolute atomic E-state index is 0.192. The maximum atomic E-state index is 11.6. The van der Waals surface area contributed by atoms with Gasteiger partial charge in [-0.1, -0.05) is 20.3 Å². The first-order chi connectivity index (χ1) is 7.27. The van der Waals surface area contributed by atoms with Crippen LogP contribution in [0.5, 0.6) is 0 Å². The zero-order valence-corrected chi connectivity index (χ0v) is 10.1. The number of rotatable bonds is 5. The van der Waals surface area contributed by atoms with E-state index in [1.54, 1.807) is 0 Å². The molecule has 1 rings (SSSR count). The molecule has 0 spiro atoms. The Kier molecular flexibility index (Phi) is 5.69. The second-order valence-corrected chi connectivity index (χ2v) is 4.38. The maximum absolute atomic E-state index is 11.6. The molecule has 1 aliphatic rings. The van der Waals surface area contributed by atoms with E-state index in [-0.39, 0.29) is 5.91 Å². The summed E-state index contributed by atoms with van der Waals surface area (Å²) in [5.41, 5.74) is 0. The molecule has 0 radical (unpaired) electrons. The van der Waals surface area contributed by atoms with E-state index in [9.17, 15) is 4.79 Å². The van der Waals surface area contributed by atoms with E-state index in [1.807, 2.05) is 0 Å². The molecule has 3 nitrogen and oxygen atoms in total. The fourth-order valence-electron chi connectivity index (χ4n) is 2.24. The smallest absolute Gasteiger partial charge is 0.234 e. The molecule has 3 heteroatoms. The molecular weight excluding hydrogens is 188 g/mol. The van der Waals surface area contributed by atoms with Crippen molar-refractivity contribution in [1.29, 1.82) is 0 Å². The lowest BCUT2D eigenvalue weighted by Gasteiger charge is -2.34. The topological polar surface area (TPSA) is 32.3 Å². The van der Waals surface area contributed by atoms with Gasteiger partial charge < -0.3 is 5.32 Å². The van der Waals surface area contributed by atoms with Crippen LogP contribution < -0.4 is 5.32 Å². The summed E-state index contributed by atoms with van der Waals surface area (Å²) in [6.45, 7) is 6.79. The van der Waals surface area contributed by atoms with Crippen LogP contribution >= 0.6 is 0 Å². The molecule has 1 saturated heterocycles. The monoisotopic (exact) mass is 212 g/mol. The second kappa shape index (κ2) is 6.83. The molecule has 1 N–H and O–H groups in total. The Bertz CT molecular complexity index is 194. The van der Waals surface area contributed by atoms with Crippen LogP contribution in [0.4, 0.5) is 0 Å². The first-order valence-corrected chi connectivity index (χ1v) is 6.28. The molecule has 1 atom stereocenters. The number of hydrogen-bond acceptors (Lipinski definition) is 2. The Morgan fingerprint density at radius 1 is 1.40 bits per heavy atom. The summed E-state index contributed by atoms with van der Waals surface area (Å²) in [6, 6.07) is 0.631. The minimum Gasteiger partial charge on any atom is -0.355 e. The van der Waals surface area contributed by atoms with Crippen LogP contribution in [0, 0.1) is 0 Å². The predicted molar refractivity (Wildman–Crippen MR) is 62.8 cm³/mol. The summed E-state index contributed by atoms with van der Waals surface area (Å²) in [5, 5.41) is 2.94. The zero-order valence-electron chi connectivity index (χ0n) is 10.1. The van der Waals surface area contributed by atoms with Crippen molar-refractivity contribution in [3.05, 3.63) is 0 Å². The van der Waals surface area contributed by atoms with Gasteiger partial charge in [-0.05, 0) is 32.2 Å². The Balaban J connectivity index is 2.30. The molecule has 1 fully saturated rings. The molecule has 0 saturated carbocycles. The highest BCUT2D eigenvalue weighted by Crippen LogP contribution is 2.18. The van der Waals surface area contributed by atoms with Crippen LogP contribution in [0.3, 0.4) is 0 Å². The lowest BCUT2D eigenvalue weighted by atomic mass is 10.0. The van der Waals surface area contributed by atoms with Gasteiger partial charge in [-0.3, -0.25) is 9.69 Å². The van der Waals surface area contributed by atoms with Gasteiger partial charge in [0.1, 0.15) is 0 Å². The van der Waals surface area contributed by atoms with Crippen LogP contribution in [0.2, 0.25) is 0 Å². The molecule has 1 aliphatic heterocycles. The van der Waals surface area contributed by atoms with Crippen molar-refractivity contribution < 1.29 is 4.79 Å². The Morgan fingerprint density at radius 3 is 2.87 bits per heavy atom. The summed E-state index contributed by atoms with van der Waals surface area (Å²) in [6.07, 6.45) is 6.02. The second-order valence-electron chi connectivity index (χ2n) is 4.38. The summed E-state index contributed by atoms with van der Waals surface area (Å²) in [7, 11) is 0. The van der Waals surface area contributed by atoms with Crippen molar-refractivity contribution in [1.82, 2.24) is 10.2 Å². The number of nitrogens with one attached hydrogen (secondary N) is 1. The standard InChI is InChI=1S/C12H24N2O/c1-3-8-13-12(15)10-14-9-6-5-7-11(14)4-2/h11H,3-10H2,1-2H3,(H,13,15)/t11-/m1/s1. The van der Waals surface area contributed by atoms with Crippen LogP contribution in [-0.4, -0.2) is 36.5 Å². The average Bonchev–Trinajstić information content (AvgIpc) is 2.27. The highest BCUT2D eigenvalue weighted by atomic mass is 16.2. The fourth-order valence-corrected chi connectivity index (χ4v) is 2.24. The Morgan fingerprint density at radius 2 is 2.20 bits per heavy atom. The molecule has 0 aliphatic carbocycles. The summed E-state index contributed by atoms with van der Waals surface area (Å²) >= 11 is 0. The number of likely N-dealkylation sites (tertiary alicyclic amines) is 1. The third-order valence-electron chi connectivity index (χ3n) is 3.14. The summed E-state index contributed by atoms with van der Waals surface area (Å²) in [4.78, 5) is 13.9. The van der Waals surface area contributed by atoms with Gasteiger partial charge in [0.25, 0.3) is 0 Å². The third-order valence-corrected chi connectivity index (χ3v) is 3.14. The maximum Gasteiger partial charge on any atom is 0.234 e. The van der Waals surface area contributed by atoms with E-state index in [0.717, 1.165) is 19.5 Å². The highest BCUT2D eigenvalue weighted by Gasteiger charge is 2.22. The van der Waals surface area contributed by atoms with E-state index in [4.69, 9.17) is 0 Å². The molecule has 0 bridgehead atoms. The SMILES string of the molecule is CCCNC(=O)CN1CCCC[C@H]1CC. The lowest BCUT2D eigenvalue weighted by molar-refractivity contribution is -0.123. The first kappa shape index (κ1) is 12.5. The molecule has 15 heavy (non-hydrogen) atoms. The normalized spacial score (nSPS) is 22.7. The molecule has 1 heterocycles. The molecule has 0 aromatic rings. The van der Waals surface area contributed by atoms with Gasteiger partial charge in [-0.15, -0.1) is 0 Å². The molecule has 1 amide bonds. The average molecular weight is 212 g/mol. The van der Waals surface area contributed by atoms with Gasteiger partial charge in [-0.2, -0.15) is 0 Å². The molecular formula is C12H24N2O. The van der Waals surface area contributed by atoms with Crippen LogP contribution in [0.1, 0.15) is 46.0 Å². The molecule has 88 valence electrons. The van der Waals surface area contributed by atoms with E-state index in [2.05, 4.69) is 24.1 Å². The van der Waals surface area contributed by atoms with E-state index in [0.29, 0.717) is 12.6 Å². The number of hydrogen-bond donors (Lipinski definition) is 1. The number of carbonyl (C=O) groups is 1. The number of piperidine rings is 1. The van der Waals surface area contributed by atoms with Crippen molar-refractivity contribution in [2.24, 2.45) is 0 Å². The highest BCUT2D eigenvalue weighted by molar-refractivity contribution is 5.78. The van der Waals surface area contributed by atoms with Crippen LogP contribution in [-0.2, 0) is 4.79 Å². The largest absolute Gasteiger partial charge is 0.355 e. The number of amides is 1. The van der Waals surface area contributed by atoms with Crippen LogP contribution in [0.25, 0.3) is 0 Å². The fraction of sp³-hybridized carbons (Fsp3) is 0.917. The number of carbonyl (C=O) groups excluding carboxylic acids is 1. The van der Waals surface area contributed by atoms with Crippen molar-refractivity contribution in [2.75, 3.05) is 19.6 Å². The first-order valence-electron chi connectivity index (χ1n) is 6.28. The quantitative estimate of drug-likeness (QED) is 0.753. The van der Waals surface area contributed by atoms with Crippen molar-refractivity contribution in [2.45, 2.75) is 52.0 Å². The van der Waals surface area contributed by atoms with Crippen molar-refractivity contribution in [3.8, 4) is 0 Å². The predicted octanol–water partition coefficient (Wildman–Crippen LogP) is 1.78. The minimum atomic E-state index is 0.192. The van der Waals surface area contributed by atoms with E-state index >= 15 is 0 Å². The third kappa shape index (κ3) is 4.20. The van der Waals surface area contributed by atoms with Gasteiger partial charge in [0, 0.05) is 12.6 Å². The van der Waals surface area contributed by atoms with E-state index < -0.39 is 0 Å². The Labute approximate surface area is 93.2 Å². The van der Waals surface area contributed by atoms with Gasteiger partial charge in [-0.25, -0.2) is 0 Å². The summed E-state index contributed by atoms with van der Waals surface area (Å²) < 4.78 is 0. The summed E-state index contributed by atoms with van der Waals surface area (Å²) in [5.74, 6) is 0.192. The van der Waals surface area contributed by atoms with Gasteiger partial charge in [0.2, 0.25) is 5.91 Å². The van der Waals surface area contributed by atoms with Crippen LogP contribution in [0.15, 0.2) is 0 Å². The zero-order chi connectivity index (χ0) is 11.1. The molecule has 0 unspecified atom stereocenters.